The van der Waals surface area contributed by atoms with Crippen molar-refractivity contribution in [2.45, 2.75) is 39.5 Å². The Kier molecular flexibility index (Phi) is 5.07. The Morgan fingerprint density at radius 2 is 1.97 bits per heavy atom. The van der Waals surface area contributed by atoms with Gasteiger partial charge in [0.05, 0.1) is 5.69 Å². The van der Waals surface area contributed by atoms with Gasteiger partial charge in [0.25, 0.3) is 0 Å². The van der Waals surface area contributed by atoms with E-state index < -0.39 is 0 Å². The van der Waals surface area contributed by atoms with E-state index in [1.165, 1.54) is 20.5 Å². The standard InChI is InChI=1S/C22H25N5O2/c1-4-15-8-7-13-19(27-22(28)26(3)24-25-27)20(15)21(29-23)14(2)17-11-5-9-16-10-6-12-18(16)17/h5,7-9,11,13H,4,6,10,12,23H2,1-3H3/b21-14+. The van der Waals surface area contributed by atoms with Crippen molar-refractivity contribution in [1.29, 1.82) is 0 Å². The molecule has 0 spiro atoms. The van der Waals surface area contributed by atoms with Crippen molar-refractivity contribution in [3.63, 3.8) is 0 Å². The molecule has 29 heavy (non-hydrogen) atoms. The first-order valence-corrected chi connectivity index (χ1v) is 9.87. The zero-order valence-electron chi connectivity index (χ0n) is 17.0. The summed E-state index contributed by atoms with van der Waals surface area (Å²) in [5.74, 6) is 6.37. The average Bonchev–Trinajstić information content (AvgIpc) is 3.35. The van der Waals surface area contributed by atoms with Crippen LogP contribution in [0.1, 0.15) is 48.1 Å². The van der Waals surface area contributed by atoms with E-state index in [1.807, 2.05) is 25.1 Å². The summed E-state index contributed by atoms with van der Waals surface area (Å²) in [5, 5.41) is 7.88. The van der Waals surface area contributed by atoms with Crippen molar-refractivity contribution < 1.29 is 4.84 Å². The van der Waals surface area contributed by atoms with E-state index in [9.17, 15) is 4.79 Å². The Morgan fingerprint density at radius 3 is 2.66 bits per heavy atom. The van der Waals surface area contributed by atoms with Crippen LogP contribution in [0.25, 0.3) is 17.0 Å². The van der Waals surface area contributed by atoms with Crippen LogP contribution in [0.4, 0.5) is 0 Å². The van der Waals surface area contributed by atoms with Crippen molar-refractivity contribution in [2.24, 2.45) is 12.9 Å². The Labute approximate surface area is 169 Å². The molecule has 1 aliphatic carbocycles. The Balaban J connectivity index is 2.00. The number of tetrazole rings is 1. The van der Waals surface area contributed by atoms with Crippen LogP contribution in [0.3, 0.4) is 0 Å². The fourth-order valence-corrected chi connectivity index (χ4v) is 4.21. The van der Waals surface area contributed by atoms with Crippen molar-refractivity contribution in [1.82, 2.24) is 19.8 Å². The Bertz CT molecular complexity index is 1160. The maximum absolute atomic E-state index is 12.5. The van der Waals surface area contributed by atoms with E-state index in [2.05, 4.69) is 35.5 Å². The van der Waals surface area contributed by atoms with Gasteiger partial charge in [-0.3, -0.25) is 0 Å². The normalized spacial score (nSPS) is 13.9. The van der Waals surface area contributed by atoms with E-state index in [4.69, 9.17) is 10.7 Å². The first kappa shape index (κ1) is 19.1. The summed E-state index contributed by atoms with van der Waals surface area (Å²) >= 11 is 0. The van der Waals surface area contributed by atoms with Crippen LogP contribution in [0.15, 0.2) is 41.2 Å². The highest BCUT2D eigenvalue weighted by Gasteiger charge is 2.23. The van der Waals surface area contributed by atoms with Crippen LogP contribution in [0.2, 0.25) is 0 Å². The molecular formula is C22H25N5O2. The second kappa shape index (κ2) is 7.67. The molecule has 2 N–H and O–H groups in total. The molecule has 7 nitrogen and oxygen atoms in total. The van der Waals surface area contributed by atoms with E-state index in [1.54, 1.807) is 7.05 Å². The molecule has 3 aromatic rings. The van der Waals surface area contributed by atoms with Gasteiger partial charge in [-0.2, -0.15) is 15.3 Å². The number of rotatable bonds is 5. The van der Waals surface area contributed by atoms with E-state index in [0.717, 1.165) is 47.9 Å². The minimum absolute atomic E-state index is 0.325. The molecule has 0 atom stereocenters. The van der Waals surface area contributed by atoms with Gasteiger partial charge in [0.15, 0.2) is 5.76 Å². The molecule has 0 saturated heterocycles. The molecule has 150 valence electrons. The monoisotopic (exact) mass is 391 g/mol. The minimum atomic E-state index is -0.325. The van der Waals surface area contributed by atoms with E-state index in [-0.39, 0.29) is 5.69 Å². The lowest BCUT2D eigenvalue weighted by Gasteiger charge is -2.18. The van der Waals surface area contributed by atoms with E-state index >= 15 is 0 Å². The SMILES string of the molecule is CCc1cccc(-n2nnn(C)c2=O)c1/C(ON)=C(/C)c1cccc2c1CCC2. The zero-order valence-corrected chi connectivity index (χ0v) is 17.0. The van der Waals surface area contributed by atoms with Crippen LogP contribution < -0.4 is 11.6 Å². The first-order chi connectivity index (χ1) is 14.1. The second-order valence-corrected chi connectivity index (χ2v) is 7.33. The summed E-state index contributed by atoms with van der Waals surface area (Å²) in [6.07, 6.45) is 4.06. The van der Waals surface area contributed by atoms with Crippen LogP contribution in [0, 0.1) is 0 Å². The van der Waals surface area contributed by atoms with Gasteiger partial charge in [0.1, 0.15) is 0 Å². The third-order valence-electron chi connectivity index (χ3n) is 5.69. The zero-order chi connectivity index (χ0) is 20.5. The molecule has 0 amide bonds. The minimum Gasteiger partial charge on any atom is -0.410 e. The molecule has 0 radical (unpaired) electrons. The predicted octanol–water partition coefficient (Wildman–Crippen LogP) is 2.80. The second-order valence-electron chi connectivity index (χ2n) is 7.33. The average molecular weight is 391 g/mol. The van der Waals surface area contributed by atoms with Crippen LogP contribution >= 0.6 is 0 Å². The van der Waals surface area contributed by atoms with Gasteiger partial charge in [-0.1, -0.05) is 37.3 Å². The number of aromatic nitrogens is 4. The summed E-state index contributed by atoms with van der Waals surface area (Å²) in [5.41, 5.74) is 6.90. The molecule has 0 aliphatic heterocycles. The van der Waals surface area contributed by atoms with Gasteiger partial charge in [-0.25, -0.2) is 4.79 Å². The van der Waals surface area contributed by atoms with Gasteiger partial charge < -0.3 is 4.84 Å². The van der Waals surface area contributed by atoms with Crippen molar-refractivity contribution >= 4 is 11.3 Å². The summed E-state index contributed by atoms with van der Waals surface area (Å²) in [7, 11) is 1.57. The van der Waals surface area contributed by atoms with Gasteiger partial charge in [0, 0.05) is 18.2 Å². The van der Waals surface area contributed by atoms with E-state index in [0.29, 0.717) is 11.4 Å². The highest BCUT2D eigenvalue weighted by molar-refractivity contribution is 5.91. The molecule has 0 unspecified atom stereocenters. The maximum atomic E-state index is 12.5. The van der Waals surface area contributed by atoms with Crippen molar-refractivity contribution in [3.05, 3.63) is 74.7 Å². The lowest BCUT2D eigenvalue weighted by molar-refractivity contribution is 0.291. The molecule has 1 aromatic heterocycles. The van der Waals surface area contributed by atoms with Crippen LogP contribution in [-0.4, -0.2) is 19.8 Å². The Hall–Kier alpha value is -3.19. The summed E-state index contributed by atoms with van der Waals surface area (Å²) in [6, 6.07) is 12.1. The number of aryl methyl sites for hydroxylation is 3. The molecule has 4 rings (SSSR count). The number of nitrogens with two attached hydrogens (primary N) is 1. The summed E-state index contributed by atoms with van der Waals surface area (Å²) in [4.78, 5) is 18.0. The number of hydrogen-bond acceptors (Lipinski definition) is 5. The van der Waals surface area contributed by atoms with Gasteiger partial charge in [0.2, 0.25) is 0 Å². The molecular weight excluding hydrogens is 366 g/mol. The molecule has 0 bridgehead atoms. The van der Waals surface area contributed by atoms with Gasteiger partial charge in [-0.05, 0) is 71.4 Å². The summed E-state index contributed by atoms with van der Waals surface area (Å²) in [6.45, 7) is 4.08. The van der Waals surface area contributed by atoms with Gasteiger partial charge in [-0.15, -0.1) is 0 Å². The van der Waals surface area contributed by atoms with Crippen LogP contribution in [0.5, 0.6) is 0 Å². The van der Waals surface area contributed by atoms with Crippen molar-refractivity contribution in [2.75, 3.05) is 0 Å². The Morgan fingerprint density at radius 1 is 1.17 bits per heavy atom. The molecule has 0 fully saturated rings. The quantitative estimate of drug-likeness (QED) is 0.410. The van der Waals surface area contributed by atoms with Crippen molar-refractivity contribution in [3.8, 4) is 5.69 Å². The fraction of sp³-hybridized carbons (Fsp3) is 0.318. The topological polar surface area (TPSA) is 88.0 Å². The fourth-order valence-electron chi connectivity index (χ4n) is 4.21. The lowest BCUT2D eigenvalue weighted by atomic mass is 9.92. The third-order valence-corrected chi connectivity index (χ3v) is 5.69. The lowest BCUT2D eigenvalue weighted by Crippen LogP contribution is -2.23. The molecule has 0 saturated carbocycles. The number of allylic oxidation sites excluding steroid dienone is 1. The highest BCUT2D eigenvalue weighted by Crippen LogP contribution is 2.36. The predicted molar refractivity (Wildman–Crippen MR) is 112 cm³/mol. The van der Waals surface area contributed by atoms with Crippen LogP contribution in [-0.2, 0) is 31.1 Å². The number of nitrogens with zero attached hydrogens (tertiary/aromatic N) is 4. The molecule has 7 heteroatoms. The highest BCUT2D eigenvalue weighted by atomic mass is 16.6. The first-order valence-electron chi connectivity index (χ1n) is 9.87. The number of hydrogen-bond donors (Lipinski definition) is 1. The third kappa shape index (κ3) is 3.17. The largest absolute Gasteiger partial charge is 0.410 e. The van der Waals surface area contributed by atoms with Gasteiger partial charge >= 0.3 is 5.69 Å². The number of fused-ring (bicyclic) bond motifs is 1. The molecule has 1 aliphatic rings. The smallest absolute Gasteiger partial charge is 0.368 e. The summed E-state index contributed by atoms with van der Waals surface area (Å²) < 4.78 is 2.49. The number of benzene rings is 2. The molecule has 2 aromatic carbocycles. The molecule has 1 heterocycles. The maximum Gasteiger partial charge on any atom is 0.368 e.